The first-order chi connectivity index (χ1) is 14.3. The van der Waals surface area contributed by atoms with E-state index >= 15 is 0 Å². The summed E-state index contributed by atoms with van der Waals surface area (Å²) in [5.74, 6) is 0.920. The van der Waals surface area contributed by atoms with Gasteiger partial charge in [-0.15, -0.1) is 0 Å². The Balaban J connectivity index is 1.45. The Morgan fingerprint density at radius 1 is 0.931 bits per heavy atom. The molecule has 2 aliphatic carbocycles. The highest BCUT2D eigenvalue weighted by Gasteiger charge is 2.21. The average molecular weight is 389 g/mol. The minimum absolute atomic E-state index is 0.506. The predicted molar refractivity (Wildman–Crippen MR) is 117 cm³/mol. The van der Waals surface area contributed by atoms with E-state index in [0.29, 0.717) is 6.04 Å². The lowest BCUT2D eigenvalue weighted by atomic mass is 9.88. The first-order valence-corrected chi connectivity index (χ1v) is 10.8. The van der Waals surface area contributed by atoms with E-state index < -0.39 is 0 Å². The summed E-state index contributed by atoms with van der Waals surface area (Å²) in [6.07, 6.45) is 9.68. The highest BCUT2D eigenvalue weighted by Crippen LogP contribution is 2.36. The van der Waals surface area contributed by atoms with Gasteiger partial charge >= 0.3 is 0 Å². The molecule has 0 unspecified atom stereocenters. The molecule has 5 nitrogen and oxygen atoms in total. The molecule has 2 saturated carbocycles. The van der Waals surface area contributed by atoms with Crippen molar-refractivity contribution in [1.29, 1.82) is 0 Å². The van der Waals surface area contributed by atoms with E-state index in [-0.39, 0.29) is 0 Å². The zero-order chi connectivity index (χ0) is 19.6. The fourth-order valence-corrected chi connectivity index (χ4v) is 4.64. The Morgan fingerprint density at radius 3 is 2.38 bits per heavy atom. The summed E-state index contributed by atoms with van der Waals surface area (Å²) < 4.78 is 2.40. The lowest BCUT2D eigenvalue weighted by molar-refractivity contribution is 0.222. The lowest BCUT2D eigenvalue weighted by Gasteiger charge is -2.25. The molecule has 5 heteroatoms. The molecule has 3 N–H and O–H groups in total. The molecule has 0 amide bonds. The molecule has 2 aromatic carbocycles. The molecule has 0 radical (unpaired) electrons. The molecule has 0 aliphatic heterocycles. The van der Waals surface area contributed by atoms with Crippen molar-refractivity contribution < 1.29 is 5.21 Å². The van der Waals surface area contributed by atoms with Crippen LogP contribution in [0.1, 0.15) is 63.0 Å². The number of aromatic nitrogens is 2. The largest absolute Gasteiger partial charge is 0.326 e. The van der Waals surface area contributed by atoms with E-state index in [1.54, 1.807) is 0 Å². The Kier molecular flexibility index (Phi) is 4.98. The summed E-state index contributed by atoms with van der Waals surface area (Å²) in [6, 6.07) is 17.2. The Labute approximate surface area is 171 Å². The molecule has 1 heterocycles. The zero-order valence-corrected chi connectivity index (χ0v) is 16.7. The molecule has 0 spiro atoms. The van der Waals surface area contributed by atoms with Gasteiger partial charge in [0.25, 0.3) is 0 Å². The van der Waals surface area contributed by atoms with Crippen LogP contribution < -0.4 is 10.8 Å². The van der Waals surface area contributed by atoms with Crippen LogP contribution >= 0.6 is 0 Å². The Morgan fingerprint density at radius 2 is 1.69 bits per heavy atom. The zero-order valence-electron chi connectivity index (χ0n) is 16.7. The molecular formula is C24H28N4O. The van der Waals surface area contributed by atoms with E-state index in [4.69, 9.17) is 4.98 Å². The van der Waals surface area contributed by atoms with Gasteiger partial charge in [0.05, 0.1) is 16.7 Å². The molecule has 150 valence electrons. The molecule has 2 fully saturated rings. The van der Waals surface area contributed by atoms with Crippen LogP contribution in [-0.4, -0.2) is 14.8 Å². The van der Waals surface area contributed by atoms with E-state index in [2.05, 4.69) is 63.9 Å². The maximum atomic E-state index is 9.54. The fraction of sp³-hybridized carbons (Fsp3) is 0.375. The van der Waals surface area contributed by atoms with Gasteiger partial charge < -0.3 is 9.88 Å². The van der Waals surface area contributed by atoms with Crippen molar-refractivity contribution in [1.82, 2.24) is 15.0 Å². The van der Waals surface area contributed by atoms with Crippen molar-refractivity contribution in [3.05, 3.63) is 59.7 Å². The number of para-hydroxylation sites is 2. The van der Waals surface area contributed by atoms with Gasteiger partial charge in [-0.1, -0.05) is 43.5 Å². The number of hydroxylamine groups is 1. The monoisotopic (exact) mass is 388 g/mol. The van der Waals surface area contributed by atoms with Crippen LogP contribution in [0.15, 0.2) is 54.1 Å². The molecular weight excluding hydrogens is 360 g/mol. The number of fused-ring (bicyclic) bond motifs is 1. The minimum Gasteiger partial charge on any atom is -0.326 e. The molecule has 3 aromatic rings. The Hall–Kier alpha value is -2.79. The third-order valence-electron chi connectivity index (χ3n) is 6.39. The van der Waals surface area contributed by atoms with Crippen molar-refractivity contribution in [3.63, 3.8) is 0 Å². The minimum atomic E-state index is 0.506. The van der Waals surface area contributed by atoms with Crippen molar-refractivity contribution in [3.8, 4) is 0 Å². The summed E-state index contributed by atoms with van der Waals surface area (Å²) in [5, 5.41) is 13.1. The maximum absolute atomic E-state index is 9.54. The highest BCUT2D eigenvalue weighted by atomic mass is 16.5. The van der Waals surface area contributed by atoms with Crippen molar-refractivity contribution in [2.75, 3.05) is 5.32 Å². The number of hydrogen-bond donors (Lipinski definition) is 3. The predicted octanol–water partition coefficient (Wildman–Crippen LogP) is 6.16. The van der Waals surface area contributed by atoms with Gasteiger partial charge in [-0.2, -0.15) is 0 Å². The topological polar surface area (TPSA) is 62.1 Å². The maximum Gasteiger partial charge on any atom is 0.208 e. The molecule has 2 aliphatic rings. The summed E-state index contributed by atoms with van der Waals surface area (Å²) in [4.78, 5) is 4.90. The van der Waals surface area contributed by atoms with Crippen LogP contribution in [0.5, 0.6) is 0 Å². The quantitative estimate of drug-likeness (QED) is 0.458. The number of benzene rings is 2. The summed E-state index contributed by atoms with van der Waals surface area (Å²) in [6.45, 7) is 0. The first-order valence-electron chi connectivity index (χ1n) is 10.8. The van der Waals surface area contributed by atoms with Gasteiger partial charge in [-0.25, -0.2) is 4.98 Å². The number of anilines is 2. The molecule has 29 heavy (non-hydrogen) atoms. The van der Waals surface area contributed by atoms with Crippen LogP contribution in [0.2, 0.25) is 0 Å². The SMILES string of the molecule is ONC(=C1CCC1)c1ccc(Nc2nc3ccccc3n2C2CCCCC2)cc1. The molecule has 5 rings (SSSR count). The lowest BCUT2D eigenvalue weighted by Crippen LogP contribution is -2.15. The van der Waals surface area contributed by atoms with E-state index in [1.165, 1.54) is 49.6 Å². The van der Waals surface area contributed by atoms with Gasteiger partial charge in [0.2, 0.25) is 5.95 Å². The number of nitrogens with zero attached hydrogens (tertiary/aromatic N) is 2. The fourth-order valence-electron chi connectivity index (χ4n) is 4.64. The first kappa shape index (κ1) is 18.3. The molecule has 0 atom stereocenters. The van der Waals surface area contributed by atoms with E-state index in [1.807, 2.05) is 0 Å². The van der Waals surface area contributed by atoms with E-state index in [0.717, 1.165) is 41.3 Å². The van der Waals surface area contributed by atoms with Gasteiger partial charge in [-0.3, -0.25) is 10.7 Å². The van der Waals surface area contributed by atoms with Gasteiger partial charge in [-0.05, 0) is 67.5 Å². The van der Waals surface area contributed by atoms with Gasteiger partial charge in [0.1, 0.15) is 0 Å². The smallest absolute Gasteiger partial charge is 0.208 e. The van der Waals surface area contributed by atoms with Crippen LogP contribution in [0.3, 0.4) is 0 Å². The average Bonchev–Trinajstić information content (AvgIpc) is 3.09. The normalized spacial score (nSPS) is 17.2. The van der Waals surface area contributed by atoms with Gasteiger partial charge in [0.15, 0.2) is 0 Å². The summed E-state index contributed by atoms with van der Waals surface area (Å²) in [7, 11) is 0. The third-order valence-corrected chi connectivity index (χ3v) is 6.39. The Bertz CT molecular complexity index is 1020. The number of nitrogens with one attached hydrogen (secondary N) is 2. The number of hydrogen-bond acceptors (Lipinski definition) is 4. The van der Waals surface area contributed by atoms with Crippen molar-refractivity contribution >= 4 is 28.4 Å². The molecule has 1 aromatic heterocycles. The number of rotatable bonds is 5. The molecule has 0 saturated heterocycles. The van der Waals surface area contributed by atoms with Crippen LogP contribution in [-0.2, 0) is 0 Å². The second-order valence-electron chi connectivity index (χ2n) is 8.23. The number of allylic oxidation sites excluding steroid dienone is 1. The highest BCUT2D eigenvalue weighted by molar-refractivity contribution is 5.80. The second kappa shape index (κ2) is 7.91. The van der Waals surface area contributed by atoms with Crippen LogP contribution in [0.25, 0.3) is 16.7 Å². The van der Waals surface area contributed by atoms with Crippen LogP contribution in [0.4, 0.5) is 11.6 Å². The second-order valence-corrected chi connectivity index (χ2v) is 8.23. The summed E-state index contributed by atoms with van der Waals surface area (Å²) in [5.41, 5.74) is 8.84. The van der Waals surface area contributed by atoms with Gasteiger partial charge in [0, 0.05) is 11.7 Å². The third kappa shape index (κ3) is 3.51. The van der Waals surface area contributed by atoms with Crippen LogP contribution in [0, 0.1) is 0 Å². The standard InChI is InChI=1S/C24H28N4O/c29-27-23(17-7-6-8-17)18-13-15-19(16-14-18)25-24-26-21-11-4-5-12-22(21)28(24)20-9-2-1-3-10-20/h4-5,11-16,20,27,29H,1-3,6-10H2,(H,25,26). The number of imidazole rings is 1. The van der Waals surface area contributed by atoms with E-state index in [9.17, 15) is 5.21 Å². The molecule has 0 bridgehead atoms. The summed E-state index contributed by atoms with van der Waals surface area (Å²) >= 11 is 0. The van der Waals surface area contributed by atoms with Crippen molar-refractivity contribution in [2.45, 2.75) is 57.4 Å². The van der Waals surface area contributed by atoms with Crippen molar-refractivity contribution in [2.24, 2.45) is 0 Å².